The summed E-state index contributed by atoms with van der Waals surface area (Å²) in [7, 11) is 0. The summed E-state index contributed by atoms with van der Waals surface area (Å²) in [4.78, 5) is 0. The van der Waals surface area contributed by atoms with E-state index < -0.39 is 0 Å². The van der Waals surface area contributed by atoms with Gasteiger partial charge in [-0.3, -0.25) is 0 Å². The lowest BCUT2D eigenvalue weighted by atomic mass is 10.1. The molecule has 1 heterocycles. The predicted octanol–water partition coefficient (Wildman–Crippen LogP) is 1.91. The van der Waals surface area contributed by atoms with E-state index in [4.69, 9.17) is 16.7 Å². The quantitative estimate of drug-likeness (QED) is 0.688. The summed E-state index contributed by atoms with van der Waals surface area (Å²) >= 11 is 0. The molecule has 0 unspecified atom stereocenters. The van der Waals surface area contributed by atoms with Crippen LogP contribution in [0.1, 0.15) is 5.56 Å². The average Bonchev–Trinajstić information content (AvgIpc) is 2.65. The van der Waals surface area contributed by atoms with Crippen LogP contribution in [0.2, 0.25) is 0 Å². The van der Waals surface area contributed by atoms with Gasteiger partial charge in [0.25, 0.3) is 0 Å². The number of nitrogens with zero attached hydrogens (tertiary/aromatic N) is 1. The van der Waals surface area contributed by atoms with E-state index in [9.17, 15) is 0 Å². The first-order valence-electron chi connectivity index (χ1n) is 4.09. The number of anilines is 1. The zero-order valence-corrected chi connectivity index (χ0v) is 7.40. The van der Waals surface area contributed by atoms with Gasteiger partial charge >= 0.3 is 0 Å². The van der Waals surface area contributed by atoms with Crippen LogP contribution in [-0.2, 0) is 0 Å². The largest absolute Gasteiger partial charge is 0.368 e. The molecule has 0 spiro atoms. The lowest BCUT2D eigenvalue weighted by Gasteiger charge is -1.94. The van der Waals surface area contributed by atoms with Crippen molar-refractivity contribution in [3.05, 3.63) is 35.9 Å². The van der Waals surface area contributed by atoms with Gasteiger partial charge in [-0.1, -0.05) is 23.2 Å². The highest BCUT2D eigenvalue weighted by atomic mass is 16.5. The molecule has 2 rings (SSSR count). The molecular weight excluding hydrogens is 176 g/mol. The van der Waals surface area contributed by atoms with Crippen LogP contribution in [0.15, 0.2) is 34.9 Å². The standard InChI is InChI=1S/C11H8N2O/c1-2-8-3-5-9(6-4-8)10-7-11(12)14-13-10/h1,3-7H,12H2. The van der Waals surface area contributed by atoms with E-state index in [-0.39, 0.29) is 0 Å². The van der Waals surface area contributed by atoms with Gasteiger partial charge in [0.2, 0.25) is 5.88 Å². The molecule has 0 amide bonds. The van der Waals surface area contributed by atoms with E-state index in [1.54, 1.807) is 6.07 Å². The Bertz CT molecular complexity index is 477. The lowest BCUT2D eigenvalue weighted by molar-refractivity contribution is 0.439. The monoisotopic (exact) mass is 184 g/mol. The third kappa shape index (κ3) is 1.46. The normalized spacial score (nSPS) is 9.64. The molecule has 0 saturated heterocycles. The minimum absolute atomic E-state index is 0.307. The summed E-state index contributed by atoms with van der Waals surface area (Å²) < 4.78 is 4.76. The number of nitrogens with two attached hydrogens (primary N) is 1. The van der Waals surface area contributed by atoms with Gasteiger partial charge in [-0.2, -0.15) is 0 Å². The summed E-state index contributed by atoms with van der Waals surface area (Å²) in [6.45, 7) is 0. The van der Waals surface area contributed by atoms with Crippen LogP contribution >= 0.6 is 0 Å². The molecule has 0 radical (unpaired) electrons. The zero-order valence-electron chi connectivity index (χ0n) is 7.40. The second kappa shape index (κ2) is 3.27. The van der Waals surface area contributed by atoms with Crippen molar-refractivity contribution >= 4 is 5.88 Å². The highest BCUT2D eigenvalue weighted by molar-refractivity contribution is 5.62. The fourth-order valence-corrected chi connectivity index (χ4v) is 1.16. The van der Waals surface area contributed by atoms with Gasteiger partial charge in [-0.25, -0.2) is 0 Å². The van der Waals surface area contributed by atoms with Crippen LogP contribution in [0.4, 0.5) is 5.88 Å². The molecule has 0 fully saturated rings. The minimum atomic E-state index is 0.307. The fraction of sp³-hybridized carbons (Fsp3) is 0. The van der Waals surface area contributed by atoms with Gasteiger partial charge in [-0.15, -0.1) is 6.42 Å². The Labute approximate surface area is 81.5 Å². The summed E-state index contributed by atoms with van der Waals surface area (Å²) in [6.07, 6.45) is 5.24. The molecule has 0 saturated carbocycles. The number of hydrogen-bond donors (Lipinski definition) is 1. The first kappa shape index (κ1) is 8.39. The first-order chi connectivity index (χ1) is 6.79. The third-order valence-corrected chi connectivity index (χ3v) is 1.88. The Balaban J connectivity index is 2.39. The van der Waals surface area contributed by atoms with Crippen molar-refractivity contribution in [2.24, 2.45) is 0 Å². The Morgan fingerprint density at radius 3 is 2.50 bits per heavy atom. The van der Waals surface area contributed by atoms with Gasteiger partial charge in [-0.05, 0) is 12.1 Å². The second-order valence-electron chi connectivity index (χ2n) is 2.84. The molecule has 2 N–H and O–H groups in total. The van der Waals surface area contributed by atoms with E-state index >= 15 is 0 Å². The summed E-state index contributed by atoms with van der Waals surface area (Å²) in [5, 5.41) is 3.79. The van der Waals surface area contributed by atoms with Crippen molar-refractivity contribution in [3.63, 3.8) is 0 Å². The SMILES string of the molecule is C#Cc1ccc(-c2cc(N)on2)cc1. The Hall–Kier alpha value is -2.21. The number of terminal acetylenes is 1. The van der Waals surface area contributed by atoms with E-state index in [1.165, 1.54) is 0 Å². The number of nitrogen functional groups attached to an aromatic ring is 1. The van der Waals surface area contributed by atoms with Crippen molar-refractivity contribution in [2.45, 2.75) is 0 Å². The Morgan fingerprint density at radius 1 is 1.29 bits per heavy atom. The Kier molecular flexibility index (Phi) is 1.96. The number of hydrogen-bond acceptors (Lipinski definition) is 3. The van der Waals surface area contributed by atoms with Gasteiger partial charge in [0.15, 0.2) is 0 Å². The summed E-state index contributed by atoms with van der Waals surface area (Å²) in [5.74, 6) is 2.85. The third-order valence-electron chi connectivity index (χ3n) is 1.88. The molecule has 0 aliphatic heterocycles. The molecule has 3 heteroatoms. The lowest BCUT2D eigenvalue weighted by Crippen LogP contribution is -1.78. The molecule has 3 nitrogen and oxygen atoms in total. The molecule has 1 aromatic heterocycles. The smallest absolute Gasteiger partial charge is 0.222 e. The maximum absolute atomic E-state index is 5.41. The van der Waals surface area contributed by atoms with Crippen molar-refractivity contribution in [3.8, 4) is 23.6 Å². The maximum atomic E-state index is 5.41. The highest BCUT2D eigenvalue weighted by Crippen LogP contribution is 2.20. The van der Waals surface area contributed by atoms with Crippen LogP contribution < -0.4 is 5.73 Å². The molecule has 68 valence electrons. The molecule has 0 aliphatic rings. The van der Waals surface area contributed by atoms with Crippen LogP contribution in [0.5, 0.6) is 0 Å². The summed E-state index contributed by atoms with van der Waals surface area (Å²) in [5.41, 5.74) is 7.90. The maximum Gasteiger partial charge on any atom is 0.222 e. The van der Waals surface area contributed by atoms with Gasteiger partial charge in [0, 0.05) is 17.2 Å². The topological polar surface area (TPSA) is 52.0 Å². The van der Waals surface area contributed by atoms with E-state index in [0.717, 1.165) is 11.1 Å². The number of aromatic nitrogens is 1. The zero-order chi connectivity index (χ0) is 9.97. The van der Waals surface area contributed by atoms with Crippen molar-refractivity contribution in [1.29, 1.82) is 0 Å². The minimum Gasteiger partial charge on any atom is -0.368 e. The van der Waals surface area contributed by atoms with E-state index in [2.05, 4.69) is 11.1 Å². The van der Waals surface area contributed by atoms with Crippen LogP contribution in [0.3, 0.4) is 0 Å². The van der Waals surface area contributed by atoms with Crippen LogP contribution in [0.25, 0.3) is 11.3 Å². The number of benzene rings is 1. The molecule has 0 atom stereocenters. The molecule has 0 aliphatic carbocycles. The van der Waals surface area contributed by atoms with E-state index in [1.807, 2.05) is 24.3 Å². The highest BCUT2D eigenvalue weighted by Gasteiger charge is 2.02. The summed E-state index contributed by atoms with van der Waals surface area (Å²) in [6, 6.07) is 9.13. The molecular formula is C11H8N2O. The molecule has 1 aromatic carbocycles. The van der Waals surface area contributed by atoms with Crippen molar-refractivity contribution in [1.82, 2.24) is 5.16 Å². The van der Waals surface area contributed by atoms with Gasteiger partial charge in [0.1, 0.15) is 5.69 Å². The fourth-order valence-electron chi connectivity index (χ4n) is 1.16. The van der Waals surface area contributed by atoms with Gasteiger partial charge < -0.3 is 10.3 Å². The molecule has 14 heavy (non-hydrogen) atoms. The Morgan fingerprint density at radius 2 is 2.00 bits per heavy atom. The average molecular weight is 184 g/mol. The van der Waals surface area contributed by atoms with Crippen molar-refractivity contribution < 1.29 is 4.52 Å². The number of rotatable bonds is 1. The van der Waals surface area contributed by atoms with Gasteiger partial charge in [0.05, 0.1) is 0 Å². The van der Waals surface area contributed by atoms with Crippen molar-refractivity contribution in [2.75, 3.05) is 5.73 Å². The second-order valence-corrected chi connectivity index (χ2v) is 2.84. The molecule has 0 bridgehead atoms. The van der Waals surface area contributed by atoms with E-state index in [0.29, 0.717) is 11.6 Å². The first-order valence-corrected chi connectivity index (χ1v) is 4.09. The molecule has 2 aromatic rings. The van der Waals surface area contributed by atoms with Crippen LogP contribution in [-0.4, -0.2) is 5.16 Å². The predicted molar refractivity (Wildman–Crippen MR) is 54.3 cm³/mol. The van der Waals surface area contributed by atoms with Crippen LogP contribution in [0, 0.1) is 12.3 Å².